The molecule has 0 radical (unpaired) electrons. The number of hydrogen-bond acceptors (Lipinski definition) is 7. The number of sulfonamides is 2. The van der Waals surface area contributed by atoms with E-state index in [9.17, 15) is 21.6 Å². The van der Waals surface area contributed by atoms with E-state index in [1.807, 2.05) is 24.3 Å². The minimum Gasteiger partial charge on any atom is -0.369 e. The SMILES string of the molecule is NC(N)=NS(=O)(=O)c1ccc(NC(=O)c2ccc3nc4ccccc4c(Nc4ccc(S(N)(=O)=O)cc4)c3c2)cc1. The third kappa shape index (κ3) is 5.94. The van der Waals surface area contributed by atoms with Crippen molar-refractivity contribution >= 4 is 70.8 Å². The fraction of sp³-hybridized carbons (Fsp3) is 0. The molecule has 1 heterocycles. The van der Waals surface area contributed by atoms with Gasteiger partial charge >= 0.3 is 0 Å². The highest BCUT2D eigenvalue weighted by atomic mass is 32.2. The van der Waals surface area contributed by atoms with E-state index in [4.69, 9.17) is 21.6 Å². The van der Waals surface area contributed by atoms with Crippen molar-refractivity contribution in [2.24, 2.45) is 21.0 Å². The molecule has 0 atom stereocenters. The van der Waals surface area contributed by atoms with Gasteiger partial charge < -0.3 is 22.1 Å². The molecule has 0 spiro atoms. The van der Waals surface area contributed by atoms with Crippen molar-refractivity contribution in [2.45, 2.75) is 9.79 Å². The number of guanidine groups is 1. The molecule has 0 unspecified atom stereocenters. The second kappa shape index (κ2) is 10.5. The molecule has 0 aliphatic heterocycles. The van der Waals surface area contributed by atoms with Crippen molar-refractivity contribution < 1.29 is 21.6 Å². The average molecular weight is 590 g/mol. The number of aromatic nitrogens is 1. The molecule has 0 aliphatic carbocycles. The second-order valence-electron chi connectivity index (χ2n) is 8.90. The quantitative estimate of drug-likeness (QED) is 0.107. The average Bonchev–Trinajstić information content (AvgIpc) is 2.92. The highest BCUT2D eigenvalue weighted by Crippen LogP contribution is 2.34. The van der Waals surface area contributed by atoms with Gasteiger partial charge in [-0.05, 0) is 72.8 Å². The Morgan fingerprint density at radius 2 is 1.34 bits per heavy atom. The Kier molecular flexibility index (Phi) is 7.04. The maximum absolute atomic E-state index is 13.2. The van der Waals surface area contributed by atoms with Gasteiger partial charge in [-0.25, -0.2) is 18.5 Å². The summed E-state index contributed by atoms with van der Waals surface area (Å²) >= 11 is 0. The van der Waals surface area contributed by atoms with Gasteiger partial charge in [0, 0.05) is 27.7 Å². The Labute approximate surface area is 235 Å². The maximum Gasteiger partial charge on any atom is 0.285 e. The molecule has 5 rings (SSSR count). The Balaban J connectivity index is 1.49. The fourth-order valence-electron chi connectivity index (χ4n) is 4.14. The number of primary sulfonamides is 1. The minimum atomic E-state index is -4.06. The van der Waals surface area contributed by atoms with Crippen LogP contribution in [-0.2, 0) is 20.0 Å². The Bertz CT molecular complexity index is 2060. The normalized spacial score (nSPS) is 11.7. The molecule has 1 amide bonds. The van der Waals surface area contributed by atoms with E-state index in [1.54, 1.807) is 30.3 Å². The summed E-state index contributed by atoms with van der Waals surface area (Å²) < 4.78 is 50.9. The van der Waals surface area contributed by atoms with Crippen molar-refractivity contribution in [3.8, 4) is 0 Å². The Morgan fingerprint density at radius 1 is 0.732 bits per heavy atom. The van der Waals surface area contributed by atoms with Gasteiger partial charge in [0.15, 0.2) is 0 Å². The van der Waals surface area contributed by atoms with Crippen LogP contribution in [0.15, 0.2) is 105 Å². The van der Waals surface area contributed by atoms with Gasteiger partial charge in [0.1, 0.15) is 0 Å². The Hall–Kier alpha value is -5.05. The van der Waals surface area contributed by atoms with Crippen molar-refractivity contribution in [3.05, 3.63) is 96.6 Å². The first kappa shape index (κ1) is 27.5. The van der Waals surface area contributed by atoms with E-state index in [1.165, 1.54) is 36.4 Å². The van der Waals surface area contributed by atoms with Crippen LogP contribution in [0.3, 0.4) is 0 Å². The zero-order chi connectivity index (χ0) is 29.4. The molecule has 1 aromatic heterocycles. The third-order valence-corrected chi connectivity index (χ3v) is 8.28. The highest BCUT2D eigenvalue weighted by molar-refractivity contribution is 7.90. The van der Waals surface area contributed by atoms with Crippen LogP contribution in [0.5, 0.6) is 0 Å². The molecule has 4 aromatic carbocycles. The molecule has 208 valence electrons. The first-order chi connectivity index (χ1) is 19.4. The molecule has 0 fully saturated rings. The topological polar surface area (TPSA) is 213 Å². The second-order valence-corrected chi connectivity index (χ2v) is 12.1. The van der Waals surface area contributed by atoms with Gasteiger partial charge in [-0.1, -0.05) is 18.2 Å². The number of para-hydroxylation sites is 1. The molecule has 12 nitrogen and oxygen atoms in total. The number of benzene rings is 4. The molecule has 5 aromatic rings. The molecule has 0 saturated heterocycles. The number of carbonyl (C=O) groups is 1. The van der Waals surface area contributed by atoms with Crippen molar-refractivity contribution in [1.29, 1.82) is 0 Å². The minimum absolute atomic E-state index is 0.0201. The van der Waals surface area contributed by atoms with Crippen LogP contribution in [0, 0.1) is 0 Å². The third-order valence-electron chi connectivity index (χ3n) is 6.03. The number of anilines is 3. The highest BCUT2D eigenvalue weighted by Gasteiger charge is 2.16. The lowest BCUT2D eigenvalue weighted by Crippen LogP contribution is -2.24. The molecule has 14 heteroatoms. The first-order valence-corrected chi connectivity index (χ1v) is 14.9. The molecule has 0 bridgehead atoms. The van der Waals surface area contributed by atoms with Crippen LogP contribution in [0.4, 0.5) is 17.1 Å². The molecule has 0 aliphatic rings. The number of hydrogen-bond donors (Lipinski definition) is 5. The van der Waals surface area contributed by atoms with Crippen LogP contribution in [0.25, 0.3) is 21.8 Å². The van der Waals surface area contributed by atoms with Gasteiger partial charge in [0.05, 0.1) is 26.5 Å². The number of nitrogens with two attached hydrogens (primary N) is 3. The lowest BCUT2D eigenvalue weighted by Gasteiger charge is -2.15. The summed E-state index contributed by atoms with van der Waals surface area (Å²) in [4.78, 5) is 17.7. The van der Waals surface area contributed by atoms with Crippen LogP contribution in [0.1, 0.15) is 10.4 Å². The van der Waals surface area contributed by atoms with E-state index in [0.717, 1.165) is 10.9 Å². The van der Waals surface area contributed by atoms with E-state index < -0.39 is 31.9 Å². The van der Waals surface area contributed by atoms with Crippen molar-refractivity contribution in [2.75, 3.05) is 10.6 Å². The first-order valence-electron chi connectivity index (χ1n) is 11.9. The number of rotatable bonds is 7. The van der Waals surface area contributed by atoms with E-state index >= 15 is 0 Å². The number of carbonyl (C=O) groups excluding carboxylic acids is 1. The summed E-state index contributed by atoms with van der Waals surface area (Å²) in [6, 6.07) is 23.9. The number of amides is 1. The predicted octanol–water partition coefficient (Wildman–Crippen LogP) is 2.99. The molecule has 8 N–H and O–H groups in total. The van der Waals surface area contributed by atoms with Crippen LogP contribution < -0.4 is 27.2 Å². The van der Waals surface area contributed by atoms with Gasteiger partial charge in [-0.15, -0.1) is 4.40 Å². The number of nitrogens with one attached hydrogen (secondary N) is 2. The summed E-state index contributed by atoms with van der Waals surface area (Å²) in [5, 5.41) is 12.7. The summed E-state index contributed by atoms with van der Waals surface area (Å²) in [5.74, 6) is -1.03. The number of fused-ring (bicyclic) bond motifs is 2. The number of nitrogens with zero attached hydrogens (tertiary/aromatic N) is 2. The van der Waals surface area contributed by atoms with Crippen LogP contribution >= 0.6 is 0 Å². The van der Waals surface area contributed by atoms with Gasteiger partial charge in [-0.3, -0.25) is 4.79 Å². The van der Waals surface area contributed by atoms with E-state index in [0.29, 0.717) is 33.5 Å². The van der Waals surface area contributed by atoms with Gasteiger partial charge in [0.25, 0.3) is 15.9 Å². The Morgan fingerprint density at radius 3 is 2.00 bits per heavy atom. The van der Waals surface area contributed by atoms with Crippen LogP contribution in [-0.4, -0.2) is 33.7 Å². The lowest BCUT2D eigenvalue weighted by atomic mass is 10.0. The van der Waals surface area contributed by atoms with Gasteiger partial charge in [-0.2, -0.15) is 8.42 Å². The van der Waals surface area contributed by atoms with E-state index in [2.05, 4.69) is 15.0 Å². The maximum atomic E-state index is 13.2. The standard InChI is InChI=1S/C27H23N7O5S2/c28-27(29)34-41(38,39)20-12-8-18(9-13-20)32-26(35)16-5-14-24-22(15-16)25(21-3-1-2-4-23(21)33-24)31-17-6-10-19(11-7-17)40(30,36)37/h1-15H,(H,31,33)(H,32,35)(H4,28,29,34)(H2,30,36,37). The summed E-state index contributed by atoms with van der Waals surface area (Å²) in [6.07, 6.45) is 0. The zero-order valence-corrected chi connectivity index (χ0v) is 22.8. The van der Waals surface area contributed by atoms with Gasteiger partial charge in [0.2, 0.25) is 16.0 Å². The molecular weight excluding hydrogens is 566 g/mol. The summed E-state index contributed by atoms with van der Waals surface area (Å²) in [7, 11) is -7.91. The molecular formula is C27H23N7O5S2. The smallest absolute Gasteiger partial charge is 0.285 e. The van der Waals surface area contributed by atoms with Crippen molar-refractivity contribution in [3.63, 3.8) is 0 Å². The molecule has 41 heavy (non-hydrogen) atoms. The van der Waals surface area contributed by atoms with E-state index in [-0.39, 0.29) is 9.79 Å². The fourth-order valence-corrected chi connectivity index (χ4v) is 5.52. The monoisotopic (exact) mass is 589 g/mol. The largest absolute Gasteiger partial charge is 0.369 e. The molecule has 0 saturated carbocycles. The van der Waals surface area contributed by atoms with Crippen molar-refractivity contribution in [1.82, 2.24) is 4.98 Å². The summed E-state index contributed by atoms with van der Waals surface area (Å²) in [6.45, 7) is 0. The predicted molar refractivity (Wildman–Crippen MR) is 158 cm³/mol. The number of pyridine rings is 1. The lowest BCUT2D eigenvalue weighted by molar-refractivity contribution is 0.102. The summed E-state index contributed by atoms with van der Waals surface area (Å²) in [5.41, 5.74) is 13.6. The van der Waals surface area contributed by atoms with Crippen LogP contribution in [0.2, 0.25) is 0 Å². The zero-order valence-electron chi connectivity index (χ0n) is 21.1.